The van der Waals surface area contributed by atoms with Crippen molar-refractivity contribution >= 4 is 5.97 Å². The first-order chi connectivity index (χ1) is 10.7. The molecule has 0 unspecified atom stereocenters. The zero-order chi connectivity index (χ0) is 15.4. The van der Waals surface area contributed by atoms with Gasteiger partial charge in [0.05, 0.1) is 6.42 Å². The van der Waals surface area contributed by atoms with Gasteiger partial charge in [0.25, 0.3) is 0 Å². The van der Waals surface area contributed by atoms with Crippen LogP contribution >= 0.6 is 0 Å². The van der Waals surface area contributed by atoms with E-state index in [0.29, 0.717) is 0 Å². The van der Waals surface area contributed by atoms with Crippen molar-refractivity contribution in [3.63, 3.8) is 0 Å². The first kappa shape index (κ1) is 14.1. The van der Waals surface area contributed by atoms with Gasteiger partial charge in [-0.2, -0.15) is 0 Å². The molecule has 2 nitrogen and oxygen atoms in total. The summed E-state index contributed by atoms with van der Waals surface area (Å²) in [7, 11) is 0. The van der Waals surface area contributed by atoms with Crippen molar-refractivity contribution < 1.29 is 9.90 Å². The molecule has 0 aliphatic heterocycles. The third-order valence-electron chi connectivity index (χ3n) is 3.63. The normalized spacial score (nSPS) is 10.4. The highest BCUT2D eigenvalue weighted by Gasteiger charge is 2.02. The van der Waals surface area contributed by atoms with Crippen LogP contribution in [0.15, 0.2) is 78.9 Å². The number of rotatable bonds is 4. The third-order valence-corrected chi connectivity index (χ3v) is 3.63. The van der Waals surface area contributed by atoms with Gasteiger partial charge in [-0.05, 0) is 27.8 Å². The monoisotopic (exact) mass is 288 g/mol. The highest BCUT2D eigenvalue weighted by atomic mass is 16.4. The summed E-state index contributed by atoms with van der Waals surface area (Å²) in [5.74, 6) is -0.806. The highest BCUT2D eigenvalue weighted by molar-refractivity contribution is 5.72. The van der Waals surface area contributed by atoms with Crippen molar-refractivity contribution in [2.45, 2.75) is 6.42 Å². The molecule has 2 heteroatoms. The van der Waals surface area contributed by atoms with E-state index in [1.807, 2.05) is 42.5 Å². The van der Waals surface area contributed by atoms with Gasteiger partial charge in [0.15, 0.2) is 0 Å². The molecular formula is C20H16O2. The highest BCUT2D eigenvalue weighted by Crippen LogP contribution is 2.25. The van der Waals surface area contributed by atoms with Crippen LogP contribution in [-0.2, 0) is 11.2 Å². The maximum atomic E-state index is 10.7. The predicted octanol–water partition coefficient (Wildman–Crippen LogP) is 4.65. The lowest BCUT2D eigenvalue weighted by molar-refractivity contribution is -0.136. The number of hydrogen-bond donors (Lipinski definition) is 1. The van der Waals surface area contributed by atoms with Crippen LogP contribution in [-0.4, -0.2) is 11.1 Å². The Hall–Kier alpha value is -2.87. The third kappa shape index (κ3) is 3.23. The van der Waals surface area contributed by atoms with E-state index in [0.717, 1.165) is 16.7 Å². The van der Waals surface area contributed by atoms with Gasteiger partial charge in [0.2, 0.25) is 0 Å². The maximum Gasteiger partial charge on any atom is 0.307 e. The van der Waals surface area contributed by atoms with Crippen molar-refractivity contribution in [3.05, 3.63) is 84.4 Å². The Morgan fingerprint density at radius 1 is 0.636 bits per heavy atom. The fourth-order valence-corrected chi connectivity index (χ4v) is 2.48. The second-order valence-corrected chi connectivity index (χ2v) is 5.21. The van der Waals surface area contributed by atoms with E-state index in [1.54, 1.807) is 0 Å². The van der Waals surface area contributed by atoms with Gasteiger partial charge in [-0.15, -0.1) is 0 Å². The molecule has 0 aliphatic carbocycles. The molecule has 0 aromatic heterocycles. The Balaban J connectivity index is 1.82. The minimum Gasteiger partial charge on any atom is -0.481 e. The second kappa shape index (κ2) is 6.27. The average molecular weight is 288 g/mol. The molecule has 3 rings (SSSR count). The number of carboxylic acid groups (broad SMARTS) is 1. The Bertz CT molecular complexity index is 757. The summed E-state index contributed by atoms with van der Waals surface area (Å²) in [4.78, 5) is 10.7. The molecule has 0 bridgehead atoms. The molecular weight excluding hydrogens is 272 g/mol. The number of carbonyl (C=O) groups is 1. The van der Waals surface area contributed by atoms with Crippen LogP contribution < -0.4 is 0 Å². The van der Waals surface area contributed by atoms with Crippen LogP contribution in [0.3, 0.4) is 0 Å². The predicted molar refractivity (Wildman–Crippen MR) is 88.7 cm³/mol. The Morgan fingerprint density at radius 2 is 1.05 bits per heavy atom. The average Bonchev–Trinajstić information content (AvgIpc) is 2.56. The second-order valence-electron chi connectivity index (χ2n) is 5.21. The smallest absolute Gasteiger partial charge is 0.307 e. The minimum absolute atomic E-state index is 0.0627. The summed E-state index contributed by atoms with van der Waals surface area (Å²) in [6, 6.07) is 26.3. The number of carboxylic acids is 1. The van der Waals surface area contributed by atoms with Gasteiger partial charge in [0, 0.05) is 0 Å². The zero-order valence-electron chi connectivity index (χ0n) is 12.1. The molecule has 108 valence electrons. The van der Waals surface area contributed by atoms with Gasteiger partial charge >= 0.3 is 5.97 Å². The Kier molecular flexibility index (Phi) is 4.01. The molecule has 0 heterocycles. The van der Waals surface area contributed by atoms with Crippen LogP contribution in [0.1, 0.15) is 5.56 Å². The summed E-state index contributed by atoms with van der Waals surface area (Å²) in [5.41, 5.74) is 5.42. The topological polar surface area (TPSA) is 37.3 Å². The molecule has 1 N–H and O–H groups in total. The molecule has 3 aromatic rings. The largest absolute Gasteiger partial charge is 0.481 e. The molecule has 0 aliphatic rings. The lowest BCUT2D eigenvalue weighted by atomic mass is 9.99. The fraction of sp³-hybridized carbons (Fsp3) is 0.0500. The SMILES string of the molecule is O=C(O)Cc1ccc(-c2ccc(-c3ccccc3)cc2)cc1. The quantitative estimate of drug-likeness (QED) is 0.759. The molecule has 0 fully saturated rings. The van der Waals surface area contributed by atoms with Crippen LogP contribution in [0.2, 0.25) is 0 Å². The molecule has 0 amide bonds. The Labute approximate surface area is 129 Å². The van der Waals surface area contributed by atoms with E-state index in [9.17, 15) is 4.79 Å². The van der Waals surface area contributed by atoms with E-state index < -0.39 is 5.97 Å². The van der Waals surface area contributed by atoms with Gasteiger partial charge < -0.3 is 5.11 Å². The first-order valence-corrected chi connectivity index (χ1v) is 7.19. The summed E-state index contributed by atoms with van der Waals surface area (Å²) >= 11 is 0. The molecule has 0 saturated carbocycles. The fourth-order valence-electron chi connectivity index (χ4n) is 2.48. The van der Waals surface area contributed by atoms with Crippen LogP contribution in [0.4, 0.5) is 0 Å². The van der Waals surface area contributed by atoms with Gasteiger partial charge in [0.1, 0.15) is 0 Å². The van der Waals surface area contributed by atoms with Crippen LogP contribution in [0.25, 0.3) is 22.3 Å². The van der Waals surface area contributed by atoms with Gasteiger partial charge in [-0.1, -0.05) is 78.9 Å². The summed E-state index contributed by atoms with van der Waals surface area (Å²) in [6.07, 6.45) is 0.0627. The standard InChI is InChI=1S/C20H16O2/c21-20(22)14-15-6-8-17(9-7-15)19-12-10-18(11-13-19)16-4-2-1-3-5-16/h1-13H,14H2,(H,21,22). The summed E-state index contributed by atoms with van der Waals surface area (Å²) < 4.78 is 0. The van der Waals surface area contributed by atoms with E-state index in [4.69, 9.17) is 5.11 Å². The lowest BCUT2D eigenvalue weighted by Crippen LogP contribution is -1.99. The summed E-state index contributed by atoms with van der Waals surface area (Å²) in [6.45, 7) is 0. The van der Waals surface area contributed by atoms with Crippen molar-refractivity contribution in [2.75, 3.05) is 0 Å². The molecule has 0 spiro atoms. The Morgan fingerprint density at radius 3 is 1.50 bits per heavy atom. The molecule has 0 radical (unpaired) electrons. The van der Waals surface area contributed by atoms with Crippen molar-refractivity contribution in [1.29, 1.82) is 0 Å². The number of benzene rings is 3. The van der Waals surface area contributed by atoms with Crippen LogP contribution in [0, 0.1) is 0 Å². The molecule has 0 atom stereocenters. The van der Waals surface area contributed by atoms with Gasteiger partial charge in [-0.25, -0.2) is 0 Å². The van der Waals surface area contributed by atoms with E-state index in [1.165, 1.54) is 11.1 Å². The van der Waals surface area contributed by atoms with Crippen molar-refractivity contribution in [3.8, 4) is 22.3 Å². The number of aliphatic carboxylic acids is 1. The molecule has 3 aromatic carbocycles. The van der Waals surface area contributed by atoms with E-state index in [-0.39, 0.29) is 6.42 Å². The van der Waals surface area contributed by atoms with Gasteiger partial charge in [-0.3, -0.25) is 4.79 Å². The lowest BCUT2D eigenvalue weighted by Gasteiger charge is -2.06. The number of hydrogen-bond acceptors (Lipinski definition) is 1. The first-order valence-electron chi connectivity index (χ1n) is 7.19. The maximum absolute atomic E-state index is 10.7. The molecule has 22 heavy (non-hydrogen) atoms. The minimum atomic E-state index is -0.806. The van der Waals surface area contributed by atoms with E-state index >= 15 is 0 Å². The van der Waals surface area contributed by atoms with Crippen LogP contribution in [0.5, 0.6) is 0 Å². The zero-order valence-corrected chi connectivity index (χ0v) is 12.1. The summed E-state index contributed by atoms with van der Waals surface area (Å²) in [5, 5.41) is 8.79. The van der Waals surface area contributed by atoms with Crippen molar-refractivity contribution in [2.24, 2.45) is 0 Å². The van der Waals surface area contributed by atoms with Crippen molar-refractivity contribution in [1.82, 2.24) is 0 Å². The molecule has 0 saturated heterocycles. The van der Waals surface area contributed by atoms with E-state index in [2.05, 4.69) is 36.4 Å².